The number of nitrogens with zero attached hydrogens (tertiary/aromatic N) is 1. The molecule has 2 amide bonds. The molecule has 2 aliphatic heterocycles. The van der Waals surface area contributed by atoms with Crippen LogP contribution in [0.15, 0.2) is 47.4 Å². The number of amides is 2. The molecule has 8 nitrogen and oxygen atoms in total. The lowest BCUT2D eigenvalue weighted by molar-refractivity contribution is 0.171. The number of ether oxygens (including phenoxy) is 2. The van der Waals surface area contributed by atoms with Crippen LogP contribution in [-0.4, -0.2) is 47.3 Å². The summed E-state index contributed by atoms with van der Waals surface area (Å²) in [7, 11) is -3.71. The van der Waals surface area contributed by atoms with Gasteiger partial charge in [0.1, 0.15) is 13.2 Å². The van der Waals surface area contributed by atoms with Gasteiger partial charge in [0.05, 0.1) is 11.4 Å². The van der Waals surface area contributed by atoms with Gasteiger partial charge in [-0.2, -0.15) is 4.72 Å². The van der Waals surface area contributed by atoms with E-state index in [2.05, 4.69) is 21.9 Å². The third kappa shape index (κ3) is 4.29. The summed E-state index contributed by atoms with van der Waals surface area (Å²) >= 11 is 0. The summed E-state index contributed by atoms with van der Waals surface area (Å²) in [5.74, 6) is 6.65. The largest absolute Gasteiger partial charge is 0.486 e. The lowest BCUT2D eigenvalue weighted by Crippen LogP contribution is -2.27. The Kier molecular flexibility index (Phi) is 5.29. The molecule has 0 aliphatic carbocycles. The quantitative estimate of drug-likeness (QED) is 0.737. The van der Waals surface area contributed by atoms with E-state index >= 15 is 0 Å². The molecule has 4 rings (SSSR count). The Balaban J connectivity index is 1.37. The van der Waals surface area contributed by atoms with E-state index in [1.165, 1.54) is 12.1 Å². The summed E-state index contributed by atoms with van der Waals surface area (Å²) in [5.41, 5.74) is 1.52. The maximum absolute atomic E-state index is 12.4. The Labute approximate surface area is 168 Å². The third-order valence-corrected chi connectivity index (χ3v) is 5.84. The molecule has 0 spiro atoms. The minimum absolute atomic E-state index is 0.0347. The van der Waals surface area contributed by atoms with E-state index in [-0.39, 0.29) is 17.5 Å². The average molecular weight is 413 g/mol. The molecule has 2 aromatic carbocycles. The van der Waals surface area contributed by atoms with Crippen LogP contribution in [0.25, 0.3) is 0 Å². The molecular formula is C20H19N3O5S. The summed E-state index contributed by atoms with van der Waals surface area (Å²) in [5, 5.41) is 2.75. The Hall–Kier alpha value is -3.22. The van der Waals surface area contributed by atoms with Gasteiger partial charge < -0.3 is 14.8 Å². The number of fused-ring (bicyclic) bond motifs is 1. The lowest BCUT2D eigenvalue weighted by atomic mass is 10.2. The molecule has 2 heterocycles. The second-order valence-electron chi connectivity index (χ2n) is 6.36. The number of anilines is 1. The molecule has 2 aromatic rings. The molecule has 0 radical (unpaired) electrons. The Morgan fingerprint density at radius 1 is 1.07 bits per heavy atom. The van der Waals surface area contributed by atoms with Crippen LogP contribution in [0.4, 0.5) is 10.5 Å². The van der Waals surface area contributed by atoms with E-state index in [1.807, 2.05) is 12.1 Å². The number of rotatable bonds is 4. The van der Waals surface area contributed by atoms with Crippen LogP contribution < -0.4 is 24.4 Å². The van der Waals surface area contributed by atoms with Crippen molar-refractivity contribution in [2.45, 2.75) is 4.90 Å². The van der Waals surface area contributed by atoms with Crippen LogP contribution in [-0.2, 0) is 10.0 Å². The van der Waals surface area contributed by atoms with Gasteiger partial charge in [0, 0.05) is 30.4 Å². The standard InChI is InChI=1S/C20H19N3O5S/c24-20-21-10-11-23(20)16-5-3-15(4-6-16)2-1-9-22-29(25,26)17-7-8-18-19(14-17)28-13-12-27-18/h3-8,14,22H,9-13H2,(H,21,24). The molecule has 0 unspecified atom stereocenters. The highest BCUT2D eigenvalue weighted by Crippen LogP contribution is 2.32. The van der Waals surface area contributed by atoms with Crippen molar-refractivity contribution in [1.82, 2.24) is 10.0 Å². The van der Waals surface area contributed by atoms with Crippen LogP contribution in [0.2, 0.25) is 0 Å². The summed E-state index contributed by atoms with van der Waals surface area (Å²) in [6.45, 7) is 2.05. The predicted octanol–water partition coefficient (Wildman–Crippen LogP) is 1.32. The summed E-state index contributed by atoms with van der Waals surface area (Å²) in [6, 6.07) is 11.6. The van der Waals surface area contributed by atoms with Gasteiger partial charge in [-0.1, -0.05) is 11.8 Å². The highest BCUT2D eigenvalue weighted by atomic mass is 32.2. The summed E-state index contributed by atoms with van der Waals surface area (Å²) in [6.07, 6.45) is 0. The fourth-order valence-corrected chi connectivity index (χ4v) is 3.93. The van der Waals surface area contributed by atoms with Gasteiger partial charge in [-0.15, -0.1) is 0 Å². The summed E-state index contributed by atoms with van der Waals surface area (Å²) in [4.78, 5) is 13.4. The number of benzene rings is 2. The van der Waals surface area contributed by atoms with Gasteiger partial charge >= 0.3 is 6.03 Å². The molecule has 0 bridgehead atoms. The number of urea groups is 1. The third-order valence-electron chi connectivity index (χ3n) is 4.44. The smallest absolute Gasteiger partial charge is 0.321 e. The van der Waals surface area contributed by atoms with E-state index in [1.54, 1.807) is 23.1 Å². The lowest BCUT2D eigenvalue weighted by Gasteiger charge is -2.18. The number of sulfonamides is 1. The van der Waals surface area contributed by atoms with E-state index in [0.717, 1.165) is 11.3 Å². The minimum Gasteiger partial charge on any atom is -0.486 e. The molecular weight excluding hydrogens is 394 g/mol. The average Bonchev–Trinajstić information content (AvgIpc) is 3.17. The number of carbonyl (C=O) groups excluding carboxylic acids is 1. The van der Waals surface area contributed by atoms with Crippen molar-refractivity contribution < 1.29 is 22.7 Å². The summed E-state index contributed by atoms with van der Waals surface area (Å²) < 4.78 is 38.1. The van der Waals surface area contributed by atoms with Crippen LogP contribution in [0.1, 0.15) is 5.56 Å². The highest BCUT2D eigenvalue weighted by Gasteiger charge is 2.21. The molecule has 2 N–H and O–H groups in total. The topological polar surface area (TPSA) is 97.0 Å². The van der Waals surface area contributed by atoms with E-state index in [9.17, 15) is 13.2 Å². The van der Waals surface area contributed by atoms with Gasteiger partial charge in [0.2, 0.25) is 10.0 Å². The first-order chi connectivity index (χ1) is 14.0. The van der Waals surface area contributed by atoms with Crippen LogP contribution in [0.5, 0.6) is 11.5 Å². The molecule has 1 fully saturated rings. The van der Waals surface area contributed by atoms with Crippen molar-refractivity contribution in [3.8, 4) is 23.3 Å². The number of nitrogens with one attached hydrogen (secondary N) is 2. The molecule has 150 valence electrons. The molecule has 1 saturated heterocycles. The molecule has 2 aliphatic rings. The van der Waals surface area contributed by atoms with Crippen molar-refractivity contribution in [1.29, 1.82) is 0 Å². The normalized spacial score (nSPS) is 15.4. The number of carbonyl (C=O) groups is 1. The molecule has 29 heavy (non-hydrogen) atoms. The van der Waals surface area contributed by atoms with E-state index in [0.29, 0.717) is 37.8 Å². The highest BCUT2D eigenvalue weighted by molar-refractivity contribution is 7.89. The number of hydrogen-bond donors (Lipinski definition) is 2. The maximum Gasteiger partial charge on any atom is 0.321 e. The molecule has 0 atom stereocenters. The van der Waals surface area contributed by atoms with Crippen molar-refractivity contribution in [2.24, 2.45) is 0 Å². The van der Waals surface area contributed by atoms with Crippen molar-refractivity contribution in [2.75, 3.05) is 37.7 Å². The van der Waals surface area contributed by atoms with Crippen molar-refractivity contribution in [3.63, 3.8) is 0 Å². The second kappa shape index (κ2) is 8.03. The zero-order valence-corrected chi connectivity index (χ0v) is 16.3. The van der Waals surface area contributed by atoms with Gasteiger partial charge in [-0.05, 0) is 36.4 Å². The zero-order valence-electron chi connectivity index (χ0n) is 15.5. The van der Waals surface area contributed by atoms with Crippen LogP contribution >= 0.6 is 0 Å². The maximum atomic E-state index is 12.4. The SMILES string of the molecule is O=C1NCCN1c1ccc(C#CCNS(=O)(=O)c2ccc3c(c2)OCCO3)cc1. The van der Waals surface area contributed by atoms with E-state index in [4.69, 9.17) is 9.47 Å². The van der Waals surface area contributed by atoms with E-state index < -0.39 is 10.0 Å². The van der Waals surface area contributed by atoms with Crippen LogP contribution in [0, 0.1) is 11.8 Å². The fraction of sp³-hybridized carbons (Fsp3) is 0.250. The molecule has 9 heteroatoms. The first-order valence-corrected chi connectivity index (χ1v) is 10.5. The van der Waals surface area contributed by atoms with Gasteiger partial charge in [-0.25, -0.2) is 13.2 Å². The molecule has 0 aromatic heterocycles. The monoisotopic (exact) mass is 413 g/mol. The Morgan fingerprint density at radius 2 is 1.83 bits per heavy atom. The Morgan fingerprint density at radius 3 is 2.55 bits per heavy atom. The predicted molar refractivity (Wildman–Crippen MR) is 107 cm³/mol. The van der Waals surface area contributed by atoms with Crippen molar-refractivity contribution in [3.05, 3.63) is 48.0 Å². The first kappa shape index (κ1) is 19.1. The van der Waals surface area contributed by atoms with Gasteiger partial charge in [-0.3, -0.25) is 4.90 Å². The minimum atomic E-state index is -3.71. The van der Waals surface area contributed by atoms with Crippen LogP contribution in [0.3, 0.4) is 0 Å². The first-order valence-electron chi connectivity index (χ1n) is 9.06. The van der Waals surface area contributed by atoms with Crippen molar-refractivity contribution >= 4 is 21.7 Å². The fourth-order valence-electron chi connectivity index (χ4n) is 2.99. The Bertz CT molecular complexity index is 1090. The number of hydrogen-bond acceptors (Lipinski definition) is 5. The second-order valence-corrected chi connectivity index (χ2v) is 8.13. The molecule has 0 saturated carbocycles. The zero-order chi connectivity index (χ0) is 20.3. The van der Waals surface area contributed by atoms with Gasteiger partial charge in [0.15, 0.2) is 11.5 Å². The van der Waals surface area contributed by atoms with Gasteiger partial charge in [0.25, 0.3) is 0 Å².